The Hall–Kier alpha value is -2.18. The van der Waals surface area contributed by atoms with Gasteiger partial charge in [0.15, 0.2) is 5.11 Å². The van der Waals surface area contributed by atoms with E-state index in [0.717, 1.165) is 6.42 Å². The molecule has 25 heavy (non-hydrogen) atoms. The molecule has 2 atom stereocenters. The molecule has 1 saturated carbocycles. The lowest BCUT2D eigenvalue weighted by Crippen LogP contribution is -2.44. The molecule has 7 heteroatoms. The number of rotatable bonds is 3. The largest absolute Gasteiger partial charge is 0.331 e. The minimum atomic E-state index is -0.504. The van der Waals surface area contributed by atoms with E-state index in [1.54, 1.807) is 0 Å². The number of nitrogens with one attached hydrogen (secondary N) is 3. The summed E-state index contributed by atoms with van der Waals surface area (Å²) in [4.78, 5) is 12.2. The van der Waals surface area contributed by atoms with Crippen molar-refractivity contribution in [2.24, 2.45) is 5.92 Å². The molecule has 0 radical (unpaired) electrons. The molecule has 0 aliphatic heterocycles. The van der Waals surface area contributed by atoms with E-state index in [4.69, 9.17) is 23.8 Å². The molecule has 1 aliphatic carbocycles. The zero-order chi connectivity index (χ0) is 18.0. The van der Waals surface area contributed by atoms with Crippen LogP contribution in [0, 0.1) is 18.7 Å². The SMILES string of the molecule is Cc1ccc(C2CC2C(=O)NNC(=S)Nc2ccc(F)c(Cl)c2)cc1. The Kier molecular flexibility index (Phi) is 5.20. The lowest BCUT2D eigenvalue weighted by atomic mass is 10.1. The molecule has 2 aromatic rings. The summed E-state index contributed by atoms with van der Waals surface area (Å²) in [7, 11) is 0. The van der Waals surface area contributed by atoms with Crippen LogP contribution in [0.25, 0.3) is 0 Å². The van der Waals surface area contributed by atoms with Gasteiger partial charge in [0.25, 0.3) is 0 Å². The fourth-order valence-electron chi connectivity index (χ4n) is 2.61. The van der Waals surface area contributed by atoms with Crippen LogP contribution in [0.5, 0.6) is 0 Å². The molecule has 1 fully saturated rings. The molecule has 0 aromatic heterocycles. The summed E-state index contributed by atoms with van der Waals surface area (Å²) in [5.74, 6) is -0.416. The van der Waals surface area contributed by atoms with E-state index in [2.05, 4.69) is 28.3 Å². The molecule has 130 valence electrons. The highest BCUT2D eigenvalue weighted by molar-refractivity contribution is 7.80. The maximum atomic E-state index is 13.1. The second-order valence-corrected chi connectivity index (χ2v) is 6.87. The van der Waals surface area contributed by atoms with Crippen LogP contribution < -0.4 is 16.2 Å². The Morgan fingerprint density at radius 2 is 1.92 bits per heavy atom. The number of carbonyl (C=O) groups excluding carboxylic acids is 1. The first-order valence-corrected chi connectivity index (χ1v) is 8.61. The van der Waals surface area contributed by atoms with E-state index in [1.165, 1.54) is 29.3 Å². The summed E-state index contributed by atoms with van der Waals surface area (Å²) in [5.41, 5.74) is 8.16. The number of hydrogen-bond acceptors (Lipinski definition) is 2. The second-order valence-electron chi connectivity index (χ2n) is 6.06. The maximum Gasteiger partial charge on any atom is 0.242 e. The summed E-state index contributed by atoms with van der Waals surface area (Å²) in [6, 6.07) is 12.4. The predicted molar refractivity (Wildman–Crippen MR) is 101 cm³/mol. The zero-order valence-electron chi connectivity index (χ0n) is 13.5. The molecule has 3 rings (SSSR count). The van der Waals surface area contributed by atoms with Gasteiger partial charge in [-0.05, 0) is 55.2 Å². The van der Waals surface area contributed by atoms with Crippen molar-refractivity contribution in [1.82, 2.24) is 10.9 Å². The quantitative estimate of drug-likeness (QED) is 0.560. The lowest BCUT2D eigenvalue weighted by molar-refractivity contribution is -0.122. The third-order valence-electron chi connectivity index (χ3n) is 4.11. The molecular weight excluding hydrogens is 361 g/mol. The van der Waals surface area contributed by atoms with Gasteiger partial charge in [-0.1, -0.05) is 41.4 Å². The molecular formula is C18H17ClFN3OS. The smallest absolute Gasteiger partial charge is 0.242 e. The normalized spacial score (nSPS) is 18.4. The van der Waals surface area contributed by atoms with E-state index in [-0.39, 0.29) is 27.9 Å². The zero-order valence-corrected chi connectivity index (χ0v) is 15.0. The number of aryl methyl sites for hydroxylation is 1. The number of hydrogen-bond donors (Lipinski definition) is 3. The fourth-order valence-corrected chi connectivity index (χ4v) is 2.96. The van der Waals surface area contributed by atoms with Crippen molar-refractivity contribution >= 4 is 40.5 Å². The molecule has 0 bridgehead atoms. The van der Waals surface area contributed by atoms with E-state index < -0.39 is 5.82 Å². The van der Waals surface area contributed by atoms with Gasteiger partial charge >= 0.3 is 0 Å². The highest BCUT2D eigenvalue weighted by Gasteiger charge is 2.43. The van der Waals surface area contributed by atoms with Crippen molar-refractivity contribution in [1.29, 1.82) is 0 Å². The Labute approximate surface area is 155 Å². The summed E-state index contributed by atoms with van der Waals surface area (Å²) >= 11 is 10.8. The van der Waals surface area contributed by atoms with E-state index in [0.29, 0.717) is 5.69 Å². The van der Waals surface area contributed by atoms with Gasteiger partial charge in [0.05, 0.1) is 5.02 Å². The van der Waals surface area contributed by atoms with Gasteiger partial charge in [-0.15, -0.1) is 0 Å². The molecule has 4 nitrogen and oxygen atoms in total. The summed E-state index contributed by atoms with van der Waals surface area (Å²) in [6.45, 7) is 2.03. The van der Waals surface area contributed by atoms with Crippen LogP contribution in [-0.4, -0.2) is 11.0 Å². The molecule has 0 saturated heterocycles. The number of carbonyl (C=O) groups is 1. The van der Waals surface area contributed by atoms with Crippen LogP contribution in [0.3, 0.4) is 0 Å². The summed E-state index contributed by atoms with van der Waals surface area (Å²) < 4.78 is 13.1. The average molecular weight is 378 g/mol. The van der Waals surface area contributed by atoms with Gasteiger partial charge in [-0.3, -0.25) is 15.6 Å². The number of thiocarbonyl (C=S) groups is 1. The minimum absolute atomic E-state index is 0.00393. The van der Waals surface area contributed by atoms with Crippen LogP contribution in [-0.2, 0) is 4.79 Å². The topological polar surface area (TPSA) is 53.2 Å². The van der Waals surface area contributed by atoms with Gasteiger partial charge in [0.1, 0.15) is 5.82 Å². The van der Waals surface area contributed by atoms with Gasteiger partial charge < -0.3 is 5.32 Å². The average Bonchev–Trinajstić information content (AvgIpc) is 3.37. The van der Waals surface area contributed by atoms with Gasteiger partial charge in [-0.2, -0.15) is 0 Å². The van der Waals surface area contributed by atoms with E-state index in [1.807, 2.05) is 19.1 Å². The maximum absolute atomic E-state index is 13.1. The highest BCUT2D eigenvalue weighted by atomic mass is 35.5. The third kappa shape index (κ3) is 4.46. The molecule has 1 amide bonds. The standard InChI is InChI=1S/C18H17ClFN3OS/c1-10-2-4-11(5-3-10)13-9-14(13)17(24)22-23-18(25)21-12-6-7-16(20)15(19)8-12/h2-8,13-14H,9H2,1H3,(H,22,24)(H2,21,23,25). The first-order valence-electron chi connectivity index (χ1n) is 7.82. The Morgan fingerprint density at radius 1 is 1.20 bits per heavy atom. The molecule has 2 aromatic carbocycles. The van der Waals surface area contributed by atoms with E-state index in [9.17, 15) is 9.18 Å². The number of amides is 1. The molecule has 1 aliphatic rings. The van der Waals surface area contributed by atoms with Crippen molar-refractivity contribution in [2.45, 2.75) is 19.3 Å². The van der Waals surface area contributed by atoms with Gasteiger partial charge in [0.2, 0.25) is 5.91 Å². The van der Waals surface area contributed by atoms with Crippen LogP contribution >= 0.6 is 23.8 Å². The van der Waals surface area contributed by atoms with Crippen LogP contribution in [0.1, 0.15) is 23.5 Å². The number of hydrazine groups is 1. The Bertz CT molecular complexity index is 812. The second kappa shape index (κ2) is 7.37. The fraction of sp³-hybridized carbons (Fsp3) is 0.222. The van der Waals surface area contributed by atoms with Crippen molar-refractivity contribution < 1.29 is 9.18 Å². The van der Waals surface area contributed by atoms with Crippen LogP contribution in [0.4, 0.5) is 10.1 Å². The van der Waals surface area contributed by atoms with Crippen molar-refractivity contribution in [2.75, 3.05) is 5.32 Å². The van der Waals surface area contributed by atoms with Crippen LogP contribution in [0.2, 0.25) is 5.02 Å². The number of anilines is 1. The number of benzene rings is 2. The lowest BCUT2D eigenvalue weighted by Gasteiger charge is -2.12. The van der Waals surface area contributed by atoms with Gasteiger partial charge in [0, 0.05) is 11.6 Å². The Balaban J connectivity index is 1.47. The van der Waals surface area contributed by atoms with Crippen molar-refractivity contribution in [3.63, 3.8) is 0 Å². The Morgan fingerprint density at radius 3 is 2.60 bits per heavy atom. The monoisotopic (exact) mass is 377 g/mol. The first-order chi connectivity index (χ1) is 11.9. The molecule has 0 heterocycles. The summed E-state index contributed by atoms with van der Waals surface area (Å²) in [5, 5.41) is 3.02. The van der Waals surface area contributed by atoms with Crippen LogP contribution in [0.15, 0.2) is 42.5 Å². The van der Waals surface area contributed by atoms with Crippen molar-refractivity contribution in [3.05, 3.63) is 64.4 Å². The predicted octanol–water partition coefficient (Wildman–Crippen LogP) is 3.91. The highest BCUT2D eigenvalue weighted by Crippen LogP contribution is 2.47. The van der Waals surface area contributed by atoms with E-state index >= 15 is 0 Å². The molecule has 2 unspecified atom stereocenters. The minimum Gasteiger partial charge on any atom is -0.331 e. The van der Waals surface area contributed by atoms with Crippen molar-refractivity contribution in [3.8, 4) is 0 Å². The first kappa shape index (κ1) is 17.6. The molecule has 0 spiro atoms. The molecule has 3 N–H and O–H groups in total. The third-order valence-corrected chi connectivity index (χ3v) is 4.60. The van der Waals surface area contributed by atoms with Gasteiger partial charge in [-0.25, -0.2) is 4.39 Å². The summed E-state index contributed by atoms with van der Waals surface area (Å²) in [6.07, 6.45) is 0.824. The number of halogens is 2.